The van der Waals surface area contributed by atoms with E-state index in [1.807, 2.05) is 18.2 Å². The van der Waals surface area contributed by atoms with Crippen molar-refractivity contribution in [2.75, 3.05) is 26.7 Å². The number of rotatable bonds is 3. The predicted molar refractivity (Wildman–Crippen MR) is 84.8 cm³/mol. The van der Waals surface area contributed by atoms with Gasteiger partial charge in [0, 0.05) is 30.1 Å². The highest BCUT2D eigenvalue weighted by Gasteiger charge is 2.43. The fraction of sp³-hybridized carbons (Fsp3) is 0.312. The molecule has 2 aliphatic heterocycles. The van der Waals surface area contributed by atoms with E-state index >= 15 is 0 Å². The van der Waals surface area contributed by atoms with Gasteiger partial charge in [0.15, 0.2) is 0 Å². The van der Waals surface area contributed by atoms with Gasteiger partial charge in [-0.3, -0.25) is 14.5 Å². The number of hydrogen-bond acceptors (Lipinski definition) is 4. The molecule has 0 aliphatic carbocycles. The first-order valence-electron chi connectivity index (χ1n) is 7.63. The lowest BCUT2D eigenvalue weighted by molar-refractivity contribution is -0.128. The van der Waals surface area contributed by atoms with Gasteiger partial charge in [0.25, 0.3) is 5.91 Å². The van der Waals surface area contributed by atoms with Crippen molar-refractivity contribution >= 4 is 28.7 Å². The van der Waals surface area contributed by atoms with Crippen LogP contribution in [0.25, 0.3) is 10.9 Å². The summed E-state index contributed by atoms with van der Waals surface area (Å²) in [6.45, 7) is 0.750. The van der Waals surface area contributed by atoms with Crippen LogP contribution >= 0.6 is 0 Å². The summed E-state index contributed by atoms with van der Waals surface area (Å²) >= 11 is 0. The van der Waals surface area contributed by atoms with Gasteiger partial charge in [-0.15, -0.1) is 0 Å². The number of carbonyl (C=O) groups excluding carboxylic acids is 3. The Morgan fingerprint density at radius 1 is 1.25 bits per heavy atom. The molecule has 0 saturated carbocycles. The lowest BCUT2D eigenvalue weighted by Gasteiger charge is -2.42. The second-order valence-corrected chi connectivity index (χ2v) is 5.92. The zero-order chi connectivity index (χ0) is 16.8. The highest BCUT2D eigenvalue weighted by atomic mass is 16.5. The molecule has 0 unspecified atom stereocenters. The molecule has 1 aromatic carbocycles. The molecule has 124 valence electrons. The maximum absolute atomic E-state index is 12.5. The van der Waals surface area contributed by atoms with Crippen molar-refractivity contribution in [2.24, 2.45) is 0 Å². The number of amides is 4. The summed E-state index contributed by atoms with van der Waals surface area (Å²) in [5.41, 5.74) is 1.30. The summed E-state index contributed by atoms with van der Waals surface area (Å²) in [6.07, 6.45) is 0. The third-order valence-corrected chi connectivity index (χ3v) is 4.45. The third-order valence-electron chi connectivity index (χ3n) is 4.45. The van der Waals surface area contributed by atoms with Crippen LogP contribution in [0.4, 0.5) is 4.79 Å². The molecule has 0 radical (unpaired) electrons. The molecule has 2 saturated heterocycles. The summed E-state index contributed by atoms with van der Waals surface area (Å²) in [6, 6.07) is 6.72. The zero-order valence-corrected chi connectivity index (χ0v) is 13.0. The predicted octanol–water partition coefficient (Wildman–Crippen LogP) is 0.553. The fourth-order valence-corrected chi connectivity index (χ4v) is 3.11. The van der Waals surface area contributed by atoms with Gasteiger partial charge in [-0.05, 0) is 18.2 Å². The average Bonchev–Trinajstić information content (AvgIpc) is 3.10. The van der Waals surface area contributed by atoms with Gasteiger partial charge in [-0.1, -0.05) is 0 Å². The molecule has 8 heteroatoms. The monoisotopic (exact) mass is 328 g/mol. The topological polar surface area (TPSA) is 94.7 Å². The number of carbonyl (C=O) groups is 3. The Hall–Kier alpha value is -3.03. The molecule has 8 nitrogen and oxygen atoms in total. The molecule has 2 N–H and O–H groups in total. The van der Waals surface area contributed by atoms with E-state index in [1.54, 1.807) is 18.1 Å². The van der Waals surface area contributed by atoms with Gasteiger partial charge in [-0.2, -0.15) is 0 Å². The second kappa shape index (κ2) is 5.26. The Morgan fingerprint density at radius 3 is 2.71 bits per heavy atom. The number of imide groups is 1. The maximum Gasteiger partial charge on any atom is 0.324 e. The van der Waals surface area contributed by atoms with Gasteiger partial charge >= 0.3 is 6.03 Å². The van der Waals surface area contributed by atoms with Crippen molar-refractivity contribution in [3.8, 4) is 5.75 Å². The van der Waals surface area contributed by atoms with Gasteiger partial charge in [-0.25, -0.2) is 4.79 Å². The van der Waals surface area contributed by atoms with Crippen LogP contribution in [0.1, 0.15) is 10.5 Å². The number of likely N-dealkylation sites (tertiary alicyclic amines) is 1. The molecule has 3 heterocycles. The molecule has 4 rings (SSSR count). The number of benzene rings is 1. The molecule has 0 atom stereocenters. The molecule has 2 aromatic rings. The van der Waals surface area contributed by atoms with Crippen molar-refractivity contribution in [3.05, 3.63) is 30.0 Å². The third kappa shape index (κ3) is 2.18. The normalized spacial score (nSPS) is 18.0. The number of urea groups is 1. The van der Waals surface area contributed by atoms with E-state index in [2.05, 4.69) is 10.3 Å². The highest BCUT2D eigenvalue weighted by molar-refractivity contribution is 6.03. The molecule has 0 bridgehead atoms. The van der Waals surface area contributed by atoms with Crippen molar-refractivity contribution in [2.45, 2.75) is 6.04 Å². The summed E-state index contributed by atoms with van der Waals surface area (Å²) in [7, 11) is 1.59. The van der Waals surface area contributed by atoms with Crippen molar-refractivity contribution in [3.63, 3.8) is 0 Å². The second-order valence-electron chi connectivity index (χ2n) is 5.92. The van der Waals surface area contributed by atoms with E-state index in [9.17, 15) is 14.4 Å². The molecule has 24 heavy (non-hydrogen) atoms. The van der Waals surface area contributed by atoms with Crippen LogP contribution in [0.15, 0.2) is 24.3 Å². The maximum atomic E-state index is 12.5. The molecule has 1 aromatic heterocycles. The van der Waals surface area contributed by atoms with E-state index in [1.165, 1.54) is 4.90 Å². The van der Waals surface area contributed by atoms with Crippen LogP contribution in [0.5, 0.6) is 5.75 Å². The van der Waals surface area contributed by atoms with Gasteiger partial charge in [0.2, 0.25) is 5.91 Å². The van der Waals surface area contributed by atoms with Gasteiger partial charge in [0.1, 0.15) is 11.4 Å². The number of nitrogens with zero attached hydrogens (tertiary/aromatic N) is 2. The number of aromatic nitrogens is 1. The molecule has 4 amide bonds. The van der Waals surface area contributed by atoms with E-state index < -0.39 is 0 Å². The number of aromatic amines is 1. The number of nitrogens with one attached hydrogen (secondary N) is 2. The first-order valence-corrected chi connectivity index (χ1v) is 7.63. The van der Waals surface area contributed by atoms with Crippen molar-refractivity contribution in [1.82, 2.24) is 20.1 Å². The lowest BCUT2D eigenvalue weighted by Crippen LogP contribution is -2.62. The van der Waals surface area contributed by atoms with Crippen LogP contribution in [0.3, 0.4) is 0 Å². The minimum Gasteiger partial charge on any atom is -0.497 e. The largest absolute Gasteiger partial charge is 0.497 e. The fourth-order valence-electron chi connectivity index (χ4n) is 3.11. The van der Waals surface area contributed by atoms with Gasteiger partial charge < -0.3 is 19.9 Å². The summed E-state index contributed by atoms with van der Waals surface area (Å²) in [4.78, 5) is 41.7. The Bertz CT molecular complexity index is 837. The summed E-state index contributed by atoms with van der Waals surface area (Å²) in [5.74, 6) is 0.328. The quantitative estimate of drug-likeness (QED) is 0.805. The van der Waals surface area contributed by atoms with Crippen LogP contribution in [-0.2, 0) is 4.79 Å². The van der Waals surface area contributed by atoms with Crippen molar-refractivity contribution in [1.29, 1.82) is 0 Å². The number of H-pyrrole nitrogens is 1. The molecule has 2 fully saturated rings. The number of ether oxygens (including phenoxy) is 1. The number of hydrogen-bond donors (Lipinski definition) is 2. The van der Waals surface area contributed by atoms with Crippen LogP contribution in [-0.4, -0.2) is 65.4 Å². The van der Waals surface area contributed by atoms with E-state index in [4.69, 9.17) is 4.74 Å². The minimum atomic E-state index is -0.380. The number of methoxy groups -OCH3 is 1. The highest BCUT2D eigenvalue weighted by Crippen LogP contribution is 2.24. The Labute approximate surface area is 137 Å². The van der Waals surface area contributed by atoms with Gasteiger partial charge in [0.05, 0.1) is 19.7 Å². The van der Waals surface area contributed by atoms with E-state index in [0.717, 1.165) is 10.9 Å². The average molecular weight is 328 g/mol. The van der Waals surface area contributed by atoms with Crippen LogP contribution in [0.2, 0.25) is 0 Å². The molecule has 2 aliphatic rings. The van der Waals surface area contributed by atoms with Crippen LogP contribution < -0.4 is 10.1 Å². The summed E-state index contributed by atoms with van der Waals surface area (Å²) in [5, 5.41) is 3.41. The lowest BCUT2D eigenvalue weighted by atomic mass is 10.1. The molecular weight excluding hydrogens is 312 g/mol. The Morgan fingerprint density at radius 2 is 2.04 bits per heavy atom. The Balaban J connectivity index is 1.47. The Kier molecular flexibility index (Phi) is 3.19. The molecule has 0 spiro atoms. The number of fused-ring (bicyclic) bond motifs is 1. The van der Waals surface area contributed by atoms with Crippen molar-refractivity contribution < 1.29 is 19.1 Å². The first kappa shape index (κ1) is 14.6. The smallest absolute Gasteiger partial charge is 0.324 e. The van der Waals surface area contributed by atoms with E-state index in [-0.39, 0.29) is 30.4 Å². The summed E-state index contributed by atoms with van der Waals surface area (Å²) < 4.78 is 5.17. The van der Waals surface area contributed by atoms with Crippen LogP contribution in [0, 0.1) is 0 Å². The SMILES string of the molecule is COc1ccc2cc(C(=O)N3CC(N4C(=O)CNC4=O)C3)[nH]c2c1. The zero-order valence-electron chi connectivity index (χ0n) is 13.0. The molecular formula is C16H16N4O4. The first-order chi connectivity index (χ1) is 11.6. The minimum absolute atomic E-state index is 0.0349. The van der Waals surface area contributed by atoms with E-state index in [0.29, 0.717) is 24.5 Å². The standard InChI is InChI=1S/C16H16N4O4/c1-24-11-3-2-9-4-13(18-12(9)5-11)15(22)19-7-10(8-19)20-14(21)6-17-16(20)23/h2-5,10,18H,6-8H2,1H3,(H,17,23).